The number of nitrogens with zero attached hydrogens (tertiary/aromatic N) is 1. The van der Waals surface area contributed by atoms with E-state index in [4.69, 9.17) is 11.1 Å². The van der Waals surface area contributed by atoms with Gasteiger partial charge in [0.2, 0.25) is 0 Å². The number of anilines is 1. The van der Waals surface area contributed by atoms with Gasteiger partial charge in [0.15, 0.2) is 0 Å². The van der Waals surface area contributed by atoms with E-state index in [2.05, 4.69) is 0 Å². The summed E-state index contributed by atoms with van der Waals surface area (Å²) in [7, 11) is 1.93. The molecule has 1 aliphatic rings. The summed E-state index contributed by atoms with van der Waals surface area (Å²) in [4.78, 5) is 1.98. The van der Waals surface area contributed by atoms with Gasteiger partial charge in [-0.2, -0.15) is 0 Å². The minimum atomic E-state index is -0.300. The molecule has 0 saturated heterocycles. The van der Waals surface area contributed by atoms with E-state index in [0.717, 1.165) is 6.54 Å². The van der Waals surface area contributed by atoms with Crippen LogP contribution in [0.1, 0.15) is 37.7 Å². The first-order valence-electron chi connectivity index (χ1n) is 6.93. The maximum atomic E-state index is 14.0. The van der Waals surface area contributed by atoms with Gasteiger partial charge >= 0.3 is 0 Å². The molecule has 1 aromatic carbocycles. The number of benzene rings is 1. The highest BCUT2D eigenvalue weighted by Gasteiger charge is 2.17. The van der Waals surface area contributed by atoms with Crippen molar-refractivity contribution in [2.45, 2.75) is 32.1 Å². The molecule has 0 bridgehead atoms. The van der Waals surface area contributed by atoms with Crippen molar-refractivity contribution < 1.29 is 4.39 Å². The summed E-state index contributed by atoms with van der Waals surface area (Å²) in [5, 5.41) is 7.31. The average molecular weight is 263 g/mol. The van der Waals surface area contributed by atoms with Crippen LogP contribution in [-0.2, 0) is 0 Å². The van der Waals surface area contributed by atoms with Crippen molar-refractivity contribution in [3.8, 4) is 0 Å². The Labute approximate surface area is 114 Å². The van der Waals surface area contributed by atoms with Crippen LogP contribution in [0.5, 0.6) is 0 Å². The summed E-state index contributed by atoms with van der Waals surface area (Å²) < 4.78 is 14.0. The summed E-state index contributed by atoms with van der Waals surface area (Å²) in [5.41, 5.74) is 6.39. The zero-order valence-corrected chi connectivity index (χ0v) is 11.5. The molecule has 0 radical (unpaired) electrons. The molecule has 0 spiro atoms. The first-order chi connectivity index (χ1) is 9.08. The fourth-order valence-electron chi connectivity index (χ4n) is 2.84. The molecule has 3 N–H and O–H groups in total. The molecule has 2 rings (SSSR count). The summed E-state index contributed by atoms with van der Waals surface area (Å²) in [6.07, 6.45) is 6.42. The van der Waals surface area contributed by atoms with Crippen molar-refractivity contribution in [3.63, 3.8) is 0 Å². The Balaban J connectivity index is 2.05. The number of nitrogens with two attached hydrogens (primary N) is 1. The molecule has 1 saturated carbocycles. The van der Waals surface area contributed by atoms with Gasteiger partial charge in [-0.15, -0.1) is 0 Å². The van der Waals surface area contributed by atoms with Crippen molar-refractivity contribution in [2.24, 2.45) is 11.7 Å². The normalized spacial score (nSPS) is 16.3. The molecule has 1 aliphatic carbocycles. The van der Waals surface area contributed by atoms with Crippen molar-refractivity contribution >= 4 is 11.5 Å². The SMILES string of the molecule is CN(CC1CCCCC1)c1ccc(C(=N)N)cc1F. The maximum absolute atomic E-state index is 14.0. The monoisotopic (exact) mass is 263 g/mol. The van der Waals surface area contributed by atoms with Crippen LogP contribution < -0.4 is 10.6 Å². The zero-order valence-electron chi connectivity index (χ0n) is 11.5. The highest BCUT2D eigenvalue weighted by Crippen LogP contribution is 2.27. The van der Waals surface area contributed by atoms with Gasteiger partial charge in [0.1, 0.15) is 11.7 Å². The lowest BCUT2D eigenvalue weighted by Gasteiger charge is -2.28. The van der Waals surface area contributed by atoms with Gasteiger partial charge in [-0.3, -0.25) is 5.41 Å². The summed E-state index contributed by atoms with van der Waals surface area (Å²) in [5.74, 6) is 0.275. The Morgan fingerprint density at radius 2 is 2.05 bits per heavy atom. The van der Waals surface area contributed by atoms with E-state index in [-0.39, 0.29) is 11.7 Å². The molecule has 0 heterocycles. The van der Waals surface area contributed by atoms with Gasteiger partial charge in [0.25, 0.3) is 0 Å². The second-order valence-corrected chi connectivity index (χ2v) is 5.46. The van der Waals surface area contributed by atoms with E-state index in [1.54, 1.807) is 12.1 Å². The van der Waals surface area contributed by atoms with E-state index in [1.807, 2.05) is 11.9 Å². The van der Waals surface area contributed by atoms with Crippen molar-refractivity contribution in [1.82, 2.24) is 0 Å². The first-order valence-corrected chi connectivity index (χ1v) is 6.93. The number of hydrogen-bond donors (Lipinski definition) is 2. The lowest BCUT2D eigenvalue weighted by molar-refractivity contribution is 0.361. The van der Waals surface area contributed by atoms with Crippen LogP contribution in [0.2, 0.25) is 0 Å². The minimum Gasteiger partial charge on any atom is -0.384 e. The van der Waals surface area contributed by atoms with Crippen LogP contribution in [0.15, 0.2) is 18.2 Å². The fraction of sp³-hybridized carbons (Fsp3) is 0.533. The smallest absolute Gasteiger partial charge is 0.147 e. The van der Waals surface area contributed by atoms with Crippen molar-refractivity contribution in [2.75, 3.05) is 18.5 Å². The topological polar surface area (TPSA) is 53.1 Å². The molecule has 0 amide bonds. The lowest BCUT2D eigenvalue weighted by Crippen LogP contribution is -2.27. The number of hydrogen-bond acceptors (Lipinski definition) is 2. The molecule has 0 atom stereocenters. The van der Waals surface area contributed by atoms with Gasteiger partial charge in [0, 0.05) is 19.2 Å². The Bertz CT molecular complexity index is 453. The molecule has 0 aromatic heterocycles. The first kappa shape index (κ1) is 13.8. The molecule has 19 heavy (non-hydrogen) atoms. The third kappa shape index (κ3) is 3.46. The molecular weight excluding hydrogens is 241 g/mol. The Hall–Kier alpha value is -1.58. The second kappa shape index (κ2) is 6.04. The predicted molar refractivity (Wildman–Crippen MR) is 77.3 cm³/mol. The number of halogens is 1. The quantitative estimate of drug-likeness (QED) is 0.647. The van der Waals surface area contributed by atoms with Crippen LogP contribution in [-0.4, -0.2) is 19.4 Å². The van der Waals surface area contributed by atoms with Crippen LogP contribution in [0, 0.1) is 17.1 Å². The maximum Gasteiger partial charge on any atom is 0.147 e. The van der Waals surface area contributed by atoms with Crippen LogP contribution >= 0.6 is 0 Å². The Kier molecular flexibility index (Phi) is 4.40. The lowest BCUT2D eigenvalue weighted by atomic mass is 9.89. The Morgan fingerprint density at radius 1 is 1.37 bits per heavy atom. The summed E-state index contributed by atoms with van der Waals surface area (Å²) in [6.45, 7) is 0.899. The number of nitrogen functional groups attached to an aromatic ring is 1. The van der Waals surface area contributed by atoms with Gasteiger partial charge in [-0.1, -0.05) is 19.3 Å². The molecule has 104 valence electrons. The number of amidine groups is 1. The van der Waals surface area contributed by atoms with Crippen molar-refractivity contribution in [1.29, 1.82) is 5.41 Å². The van der Waals surface area contributed by atoms with E-state index < -0.39 is 0 Å². The van der Waals surface area contributed by atoms with E-state index in [1.165, 1.54) is 38.2 Å². The number of nitrogens with one attached hydrogen (secondary N) is 1. The molecule has 1 fully saturated rings. The number of rotatable bonds is 4. The second-order valence-electron chi connectivity index (χ2n) is 5.46. The molecule has 0 aliphatic heterocycles. The summed E-state index contributed by atoms with van der Waals surface area (Å²) in [6, 6.07) is 4.77. The zero-order chi connectivity index (χ0) is 13.8. The molecular formula is C15H22FN3. The van der Waals surface area contributed by atoms with Gasteiger partial charge in [0.05, 0.1) is 5.69 Å². The van der Waals surface area contributed by atoms with Gasteiger partial charge < -0.3 is 10.6 Å². The van der Waals surface area contributed by atoms with Crippen LogP contribution in [0.3, 0.4) is 0 Å². The summed E-state index contributed by atoms with van der Waals surface area (Å²) >= 11 is 0. The average Bonchev–Trinajstić information content (AvgIpc) is 2.39. The predicted octanol–water partition coefficient (Wildman–Crippen LogP) is 3.13. The minimum absolute atomic E-state index is 0.0969. The molecule has 0 unspecified atom stereocenters. The molecule has 3 nitrogen and oxygen atoms in total. The molecule has 1 aromatic rings. The fourth-order valence-corrected chi connectivity index (χ4v) is 2.84. The van der Waals surface area contributed by atoms with Crippen LogP contribution in [0.25, 0.3) is 0 Å². The third-order valence-electron chi connectivity index (χ3n) is 3.93. The van der Waals surface area contributed by atoms with Gasteiger partial charge in [-0.25, -0.2) is 4.39 Å². The van der Waals surface area contributed by atoms with E-state index >= 15 is 0 Å². The largest absolute Gasteiger partial charge is 0.384 e. The van der Waals surface area contributed by atoms with Crippen molar-refractivity contribution in [3.05, 3.63) is 29.6 Å². The Morgan fingerprint density at radius 3 is 2.63 bits per heavy atom. The van der Waals surface area contributed by atoms with Gasteiger partial charge in [-0.05, 0) is 37.0 Å². The molecule has 4 heteroatoms. The van der Waals surface area contributed by atoms with E-state index in [9.17, 15) is 4.39 Å². The highest BCUT2D eigenvalue weighted by molar-refractivity contribution is 5.95. The highest BCUT2D eigenvalue weighted by atomic mass is 19.1. The van der Waals surface area contributed by atoms with E-state index in [0.29, 0.717) is 17.2 Å². The van der Waals surface area contributed by atoms with Crippen LogP contribution in [0.4, 0.5) is 10.1 Å². The standard InChI is InChI=1S/C15H22FN3/c1-19(10-11-5-3-2-4-6-11)14-8-7-12(15(17)18)9-13(14)16/h7-9,11H,2-6,10H2,1H3,(H3,17,18). The third-order valence-corrected chi connectivity index (χ3v) is 3.93.